The Balaban J connectivity index is 2.42. The van der Waals surface area contributed by atoms with Crippen molar-refractivity contribution >= 4 is 11.8 Å². The van der Waals surface area contributed by atoms with Crippen LogP contribution in [0.1, 0.15) is 43.7 Å². The highest BCUT2D eigenvalue weighted by atomic mass is 16.4. The van der Waals surface area contributed by atoms with Gasteiger partial charge in [-0.05, 0) is 56.6 Å². The largest absolute Gasteiger partial charge is 0.480 e. The van der Waals surface area contributed by atoms with E-state index in [4.69, 9.17) is 10.8 Å². The van der Waals surface area contributed by atoms with E-state index in [9.17, 15) is 14.5 Å². The summed E-state index contributed by atoms with van der Waals surface area (Å²) in [5.74, 6) is -1.16. The van der Waals surface area contributed by atoms with Gasteiger partial charge in [0.2, 0.25) is 0 Å². The van der Waals surface area contributed by atoms with Gasteiger partial charge >= 0.3 is 5.97 Å². The second kappa shape index (κ2) is 9.84. The van der Waals surface area contributed by atoms with Crippen LogP contribution in [0.25, 0.3) is 0 Å². The molecule has 0 heterocycles. The Morgan fingerprint density at radius 3 is 2.22 bits per heavy atom. The molecule has 0 fully saturated rings. The van der Waals surface area contributed by atoms with Crippen LogP contribution in [0.15, 0.2) is 29.4 Å². The number of nitroso groups, excluding NO2 is 1. The summed E-state index contributed by atoms with van der Waals surface area (Å²) < 4.78 is 0. The molecule has 0 saturated carbocycles. The van der Waals surface area contributed by atoms with Gasteiger partial charge in [-0.1, -0.05) is 29.4 Å². The molecule has 3 N–H and O–H groups in total. The first kappa shape index (κ1) is 19.0. The topological polar surface area (TPSA) is 110 Å². The van der Waals surface area contributed by atoms with E-state index in [2.05, 4.69) is 11.2 Å². The number of carbonyl (C=O) groups excluding carboxylic acids is 1. The van der Waals surface area contributed by atoms with Gasteiger partial charge < -0.3 is 10.8 Å². The molecule has 0 aliphatic carbocycles. The molecule has 0 spiro atoms. The van der Waals surface area contributed by atoms with Crippen molar-refractivity contribution in [2.75, 3.05) is 0 Å². The quantitative estimate of drug-likeness (QED) is 0.609. The zero-order valence-corrected chi connectivity index (χ0v) is 13.4. The van der Waals surface area contributed by atoms with Crippen LogP contribution in [0.3, 0.4) is 0 Å². The maximum Gasteiger partial charge on any atom is 0.320 e. The number of ketones is 1. The van der Waals surface area contributed by atoms with Gasteiger partial charge in [0.1, 0.15) is 12.1 Å². The van der Waals surface area contributed by atoms with Crippen molar-refractivity contribution in [2.45, 2.75) is 57.5 Å². The monoisotopic (exact) mass is 320 g/mol. The molecule has 6 heteroatoms. The van der Waals surface area contributed by atoms with Crippen LogP contribution in [-0.2, 0) is 22.4 Å². The van der Waals surface area contributed by atoms with E-state index >= 15 is 0 Å². The Morgan fingerprint density at radius 2 is 1.74 bits per heavy atom. The number of nitrogens with zero attached hydrogens (tertiary/aromatic N) is 1. The number of carboxylic acid groups (broad SMARTS) is 1. The van der Waals surface area contributed by atoms with E-state index in [1.807, 2.05) is 18.2 Å². The Morgan fingerprint density at radius 1 is 1.17 bits per heavy atom. The number of carbonyl (C=O) groups is 2. The minimum atomic E-state index is -0.970. The standard InChI is InChI=1S/C17H24N2O4/c1-12(20)16(19-23)10-4-8-14-6-2-5-13(11-14)7-3-9-15(18)17(21)22/h2,5-6,11,15-16H,3-4,7-10,18H2,1H3,(H,21,22). The third kappa shape index (κ3) is 7.15. The van der Waals surface area contributed by atoms with Crippen molar-refractivity contribution in [3.8, 4) is 0 Å². The van der Waals surface area contributed by atoms with Gasteiger partial charge in [-0.2, -0.15) is 4.91 Å². The van der Waals surface area contributed by atoms with Gasteiger partial charge in [0, 0.05) is 0 Å². The molecule has 23 heavy (non-hydrogen) atoms. The average molecular weight is 320 g/mol. The molecule has 1 rings (SSSR count). The molecule has 0 amide bonds. The van der Waals surface area contributed by atoms with E-state index in [-0.39, 0.29) is 5.78 Å². The molecular formula is C17H24N2O4. The van der Waals surface area contributed by atoms with Crippen molar-refractivity contribution in [3.05, 3.63) is 40.3 Å². The molecule has 2 unspecified atom stereocenters. The zero-order valence-electron chi connectivity index (χ0n) is 13.4. The summed E-state index contributed by atoms with van der Waals surface area (Å²) in [4.78, 5) is 32.4. The Labute approximate surface area is 136 Å². The predicted molar refractivity (Wildman–Crippen MR) is 88.2 cm³/mol. The van der Waals surface area contributed by atoms with E-state index < -0.39 is 18.1 Å². The number of aryl methyl sites for hydroxylation is 2. The van der Waals surface area contributed by atoms with Gasteiger partial charge in [0.15, 0.2) is 5.78 Å². The number of rotatable bonds is 11. The summed E-state index contributed by atoms with van der Waals surface area (Å²) >= 11 is 0. The summed E-state index contributed by atoms with van der Waals surface area (Å²) in [6.07, 6.45) is 3.92. The summed E-state index contributed by atoms with van der Waals surface area (Å²) in [6.45, 7) is 1.38. The fraction of sp³-hybridized carbons (Fsp3) is 0.529. The highest BCUT2D eigenvalue weighted by Gasteiger charge is 2.13. The zero-order chi connectivity index (χ0) is 17.2. The summed E-state index contributed by atoms with van der Waals surface area (Å²) in [5.41, 5.74) is 7.75. The summed E-state index contributed by atoms with van der Waals surface area (Å²) in [5, 5.41) is 11.6. The number of benzene rings is 1. The molecule has 1 aromatic carbocycles. The molecule has 126 valence electrons. The van der Waals surface area contributed by atoms with Gasteiger partial charge in [-0.25, -0.2) is 0 Å². The van der Waals surface area contributed by atoms with Gasteiger partial charge in [0.05, 0.1) is 0 Å². The highest BCUT2D eigenvalue weighted by molar-refractivity contribution is 5.81. The molecule has 0 saturated heterocycles. The maximum atomic E-state index is 11.1. The lowest BCUT2D eigenvalue weighted by atomic mass is 9.99. The fourth-order valence-electron chi connectivity index (χ4n) is 2.42. The van der Waals surface area contributed by atoms with Crippen molar-refractivity contribution in [1.29, 1.82) is 0 Å². The summed E-state index contributed by atoms with van der Waals surface area (Å²) in [7, 11) is 0. The lowest BCUT2D eigenvalue weighted by molar-refractivity contribution is -0.138. The van der Waals surface area contributed by atoms with Crippen LogP contribution < -0.4 is 5.73 Å². The molecule has 2 atom stereocenters. The van der Waals surface area contributed by atoms with E-state index in [1.165, 1.54) is 6.92 Å². The van der Waals surface area contributed by atoms with Crippen molar-refractivity contribution in [2.24, 2.45) is 10.9 Å². The lowest BCUT2D eigenvalue weighted by Crippen LogP contribution is -2.29. The average Bonchev–Trinajstić information content (AvgIpc) is 2.51. The SMILES string of the molecule is CC(=O)C(CCCc1cccc(CCCC(N)C(=O)O)c1)N=O. The molecule has 0 aromatic heterocycles. The number of carboxylic acids is 1. The van der Waals surface area contributed by atoms with Gasteiger partial charge in [0.25, 0.3) is 0 Å². The number of nitrogens with two attached hydrogens (primary N) is 1. The van der Waals surface area contributed by atoms with Crippen molar-refractivity contribution < 1.29 is 14.7 Å². The Kier molecular flexibility index (Phi) is 8.11. The molecule has 0 aliphatic rings. The molecule has 0 aliphatic heterocycles. The molecule has 6 nitrogen and oxygen atoms in total. The van der Waals surface area contributed by atoms with Crippen LogP contribution in [0, 0.1) is 4.91 Å². The number of Topliss-reactive ketones (excluding diaryl/α,β-unsaturated/α-hetero) is 1. The maximum absolute atomic E-state index is 11.1. The minimum Gasteiger partial charge on any atom is -0.480 e. The van der Waals surface area contributed by atoms with Crippen LogP contribution in [-0.4, -0.2) is 28.9 Å². The van der Waals surface area contributed by atoms with Gasteiger partial charge in [-0.3, -0.25) is 9.59 Å². The first-order valence-corrected chi connectivity index (χ1v) is 7.83. The van der Waals surface area contributed by atoms with Crippen LogP contribution in [0.5, 0.6) is 0 Å². The first-order chi connectivity index (χ1) is 10.9. The Bertz CT molecular complexity index is 545. The second-order valence-corrected chi connectivity index (χ2v) is 5.78. The van der Waals surface area contributed by atoms with Crippen LogP contribution in [0.2, 0.25) is 0 Å². The minimum absolute atomic E-state index is 0.191. The third-order valence-electron chi connectivity index (χ3n) is 3.83. The number of hydrogen-bond donors (Lipinski definition) is 2. The first-order valence-electron chi connectivity index (χ1n) is 7.83. The van der Waals surface area contributed by atoms with Crippen LogP contribution >= 0.6 is 0 Å². The van der Waals surface area contributed by atoms with Crippen molar-refractivity contribution in [3.63, 3.8) is 0 Å². The second-order valence-electron chi connectivity index (χ2n) is 5.78. The molecule has 0 bridgehead atoms. The van der Waals surface area contributed by atoms with E-state index in [1.54, 1.807) is 0 Å². The van der Waals surface area contributed by atoms with Crippen LogP contribution in [0.4, 0.5) is 0 Å². The summed E-state index contributed by atoms with van der Waals surface area (Å²) in [6, 6.07) is 6.49. The van der Waals surface area contributed by atoms with E-state index in [0.29, 0.717) is 12.8 Å². The van der Waals surface area contributed by atoms with Gasteiger partial charge in [-0.15, -0.1) is 0 Å². The molecule has 0 radical (unpaired) electrons. The lowest BCUT2D eigenvalue weighted by Gasteiger charge is -2.08. The highest BCUT2D eigenvalue weighted by Crippen LogP contribution is 2.13. The predicted octanol–water partition coefficient (Wildman–Crippen LogP) is 2.47. The fourth-order valence-corrected chi connectivity index (χ4v) is 2.42. The normalized spacial score (nSPS) is 13.3. The number of aliphatic carboxylic acids is 1. The third-order valence-corrected chi connectivity index (χ3v) is 3.83. The number of hydrogen-bond acceptors (Lipinski definition) is 5. The van der Waals surface area contributed by atoms with E-state index in [0.717, 1.165) is 36.8 Å². The Hall–Kier alpha value is -2.08. The smallest absolute Gasteiger partial charge is 0.320 e. The molecule has 1 aromatic rings. The molecular weight excluding hydrogens is 296 g/mol. The van der Waals surface area contributed by atoms with Crippen molar-refractivity contribution in [1.82, 2.24) is 0 Å².